The van der Waals surface area contributed by atoms with Crippen LogP contribution in [0.2, 0.25) is 0 Å². The molecule has 1 atom stereocenters. The van der Waals surface area contributed by atoms with E-state index in [-0.39, 0.29) is 6.42 Å². The van der Waals surface area contributed by atoms with Crippen molar-refractivity contribution in [3.05, 3.63) is 71.3 Å². The lowest BCUT2D eigenvalue weighted by atomic mass is 10.0. The van der Waals surface area contributed by atoms with Crippen LogP contribution >= 0.6 is 0 Å². The first-order valence-electron chi connectivity index (χ1n) is 8.09. The number of benzene rings is 2. The quantitative estimate of drug-likeness (QED) is 0.791. The van der Waals surface area contributed by atoms with Crippen molar-refractivity contribution in [3.63, 3.8) is 0 Å². The molecule has 0 heterocycles. The van der Waals surface area contributed by atoms with Gasteiger partial charge in [-0.05, 0) is 37.0 Å². The molecule has 2 aromatic rings. The van der Waals surface area contributed by atoms with E-state index in [0.717, 1.165) is 17.7 Å². The number of nitrogens with two attached hydrogens (primary N) is 1. The highest BCUT2D eigenvalue weighted by molar-refractivity contribution is 5.98. The van der Waals surface area contributed by atoms with Gasteiger partial charge in [0.25, 0.3) is 5.91 Å². The van der Waals surface area contributed by atoms with E-state index in [2.05, 4.69) is 5.32 Å². The zero-order valence-electron chi connectivity index (χ0n) is 13.9. The van der Waals surface area contributed by atoms with Gasteiger partial charge in [-0.15, -0.1) is 0 Å². The van der Waals surface area contributed by atoms with Gasteiger partial charge in [-0.25, -0.2) is 0 Å². The van der Waals surface area contributed by atoms with Crippen molar-refractivity contribution in [1.82, 2.24) is 5.32 Å². The van der Waals surface area contributed by atoms with E-state index < -0.39 is 35.2 Å². The Hall–Kier alpha value is -2.83. The number of carbonyl (C=O) groups excluding carboxylic acids is 2. The van der Waals surface area contributed by atoms with E-state index >= 15 is 0 Å². The number of rotatable bonds is 7. The molecule has 2 rings (SSSR count). The van der Waals surface area contributed by atoms with Crippen molar-refractivity contribution in [2.75, 3.05) is 0 Å². The van der Waals surface area contributed by atoms with Crippen molar-refractivity contribution in [2.24, 2.45) is 5.73 Å². The number of nitrogens with one attached hydrogen (secondary N) is 1. The minimum atomic E-state index is -4.66. The fraction of sp³-hybridized carbons (Fsp3) is 0.263. The molecule has 0 bridgehead atoms. The second-order valence-corrected chi connectivity index (χ2v) is 5.85. The summed E-state index contributed by atoms with van der Waals surface area (Å²) in [7, 11) is 0. The van der Waals surface area contributed by atoms with Gasteiger partial charge in [-0.3, -0.25) is 9.59 Å². The number of aryl methyl sites for hydroxylation is 1. The number of alkyl halides is 3. The number of halogens is 3. The van der Waals surface area contributed by atoms with E-state index in [1.54, 1.807) is 0 Å². The second-order valence-electron chi connectivity index (χ2n) is 5.85. The van der Waals surface area contributed by atoms with Crippen LogP contribution in [-0.2, 0) is 17.4 Å². The molecule has 26 heavy (non-hydrogen) atoms. The summed E-state index contributed by atoms with van der Waals surface area (Å²) in [5.41, 5.74) is 4.77. The number of primary amides is 1. The van der Waals surface area contributed by atoms with Crippen LogP contribution in [0, 0.1) is 0 Å². The molecule has 3 N–H and O–H groups in total. The smallest absolute Gasteiger partial charge is 0.368 e. The summed E-state index contributed by atoms with van der Waals surface area (Å²) in [6, 6.07) is 12.9. The Morgan fingerprint density at radius 3 is 2.23 bits per heavy atom. The highest BCUT2D eigenvalue weighted by Crippen LogP contribution is 2.31. The van der Waals surface area contributed by atoms with Gasteiger partial charge >= 0.3 is 6.18 Å². The predicted molar refractivity (Wildman–Crippen MR) is 91.3 cm³/mol. The maximum Gasteiger partial charge on any atom is 0.417 e. The molecule has 0 spiro atoms. The average Bonchev–Trinajstić information content (AvgIpc) is 2.60. The van der Waals surface area contributed by atoms with E-state index in [1.165, 1.54) is 12.1 Å². The molecular weight excluding hydrogens is 345 g/mol. The summed E-state index contributed by atoms with van der Waals surface area (Å²) in [5, 5.41) is 2.32. The molecule has 0 aliphatic heterocycles. The second kappa shape index (κ2) is 8.51. The zero-order chi connectivity index (χ0) is 19.2. The summed E-state index contributed by atoms with van der Waals surface area (Å²) in [6.45, 7) is 0. The Balaban J connectivity index is 2.03. The molecule has 0 saturated heterocycles. The Morgan fingerprint density at radius 1 is 1.00 bits per heavy atom. The molecule has 4 nitrogen and oxygen atoms in total. The molecule has 7 heteroatoms. The monoisotopic (exact) mass is 364 g/mol. The van der Waals surface area contributed by atoms with Crippen LogP contribution in [0.3, 0.4) is 0 Å². The summed E-state index contributed by atoms with van der Waals surface area (Å²) in [4.78, 5) is 23.8. The maximum atomic E-state index is 13.0. The van der Waals surface area contributed by atoms with Crippen molar-refractivity contribution in [1.29, 1.82) is 0 Å². The normalized spacial score (nSPS) is 12.4. The molecule has 0 saturated carbocycles. The van der Waals surface area contributed by atoms with E-state index in [4.69, 9.17) is 5.73 Å². The Morgan fingerprint density at radius 2 is 1.62 bits per heavy atom. The minimum Gasteiger partial charge on any atom is -0.368 e. The molecular formula is C19H19F3N2O2. The fourth-order valence-electron chi connectivity index (χ4n) is 2.60. The van der Waals surface area contributed by atoms with Crippen LogP contribution in [0.5, 0.6) is 0 Å². The zero-order valence-corrected chi connectivity index (χ0v) is 13.9. The molecule has 2 amide bonds. The third-order valence-electron chi connectivity index (χ3n) is 3.93. The van der Waals surface area contributed by atoms with Crippen LogP contribution < -0.4 is 11.1 Å². The summed E-state index contributed by atoms with van der Waals surface area (Å²) < 4.78 is 39.1. The lowest BCUT2D eigenvalue weighted by Gasteiger charge is -2.17. The first kappa shape index (κ1) is 19.5. The number of carbonyl (C=O) groups is 2. The van der Waals surface area contributed by atoms with E-state index in [9.17, 15) is 22.8 Å². The molecule has 0 unspecified atom stereocenters. The first-order chi connectivity index (χ1) is 12.3. The van der Waals surface area contributed by atoms with Gasteiger partial charge in [0, 0.05) is 0 Å². The van der Waals surface area contributed by atoms with Gasteiger partial charge in [0.15, 0.2) is 0 Å². The summed E-state index contributed by atoms with van der Waals surface area (Å²) >= 11 is 0. The van der Waals surface area contributed by atoms with E-state index in [0.29, 0.717) is 12.8 Å². The third-order valence-corrected chi connectivity index (χ3v) is 3.93. The number of amides is 2. The molecule has 0 radical (unpaired) electrons. The first-order valence-corrected chi connectivity index (χ1v) is 8.09. The SMILES string of the molecule is NC(=O)[C@H](CCCc1ccccc1)NC(=O)c1ccccc1C(F)(F)F. The third kappa shape index (κ3) is 5.34. The summed E-state index contributed by atoms with van der Waals surface area (Å²) in [6.07, 6.45) is -3.20. The van der Waals surface area contributed by atoms with Gasteiger partial charge < -0.3 is 11.1 Å². The minimum absolute atomic E-state index is 0.240. The van der Waals surface area contributed by atoms with Crippen LogP contribution in [0.15, 0.2) is 54.6 Å². The Bertz CT molecular complexity index is 761. The van der Waals surface area contributed by atoms with Crippen molar-refractivity contribution >= 4 is 11.8 Å². The molecule has 0 aliphatic rings. The van der Waals surface area contributed by atoms with Crippen molar-refractivity contribution < 1.29 is 22.8 Å². The predicted octanol–water partition coefficient (Wildman–Crippen LogP) is 3.31. The molecule has 138 valence electrons. The molecule has 0 fully saturated rings. The van der Waals surface area contributed by atoms with Crippen molar-refractivity contribution in [3.8, 4) is 0 Å². The highest BCUT2D eigenvalue weighted by Gasteiger charge is 2.35. The maximum absolute atomic E-state index is 13.0. The molecule has 2 aromatic carbocycles. The van der Waals surface area contributed by atoms with Gasteiger partial charge in [0.05, 0.1) is 11.1 Å². The topological polar surface area (TPSA) is 72.2 Å². The average molecular weight is 364 g/mol. The van der Waals surface area contributed by atoms with Crippen LogP contribution in [0.25, 0.3) is 0 Å². The Labute approximate surface area is 149 Å². The van der Waals surface area contributed by atoms with Gasteiger partial charge in [0.2, 0.25) is 5.91 Å². The Kier molecular flexibility index (Phi) is 6.38. The van der Waals surface area contributed by atoms with Gasteiger partial charge in [-0.2, -0.15) is 13.2 Å². The van der Waals surface area contributed by atoms with Gasteiger partial charge in [0.1, 0.15) is 6.04 Å². The molecule has 0 aromatic heterocycles. The number of hydrogen-bond acceptors (Lipinski definition) is 2. The van der Waals surface area contributed by atoms with Crippen molar-refractivity contribution in [2.45, 2.75) is 31.5 Å². The van der Waals surface area contributed by atoms with Crippen LogP contribution in [0.4, 0.5) is 13.2 Å². The standard InChI is InChI=1S/C19H19F3N2O2/c20-19(21,22)15-11-5-4-10-14(15)18(26)24-16(17(23)25)12-6-9-13-7-2-1-3-8-13/h1-5,7-8,10-11,16H,6,9,12H2,(H2,23,25)(H,24,26)/t16-/m0/s1. The summed E-state index contributed by atoms with van der Waals surface area (Å²) in [5.74, 6) is -1.75. The number of hydrogen-bond donors (Lipinski definition) is 2. The van der Waals surface area contributed by atoms with Crippen LogP contribution in [-0.4, -0.2) is 17.9 Å². The molecule has 0 aliphatic carbocycles. The largest absolute Gasteiger partial charge is 0.417 e. The van der Waals surface area contributed by atoms with Crippen LogP contribution in [0.1, 0.15) is 34.3 Å². The fourth-order valence-corrected chi connectivity index (χ4v) is 2.60. The lowest BCUT2D eigenvalue weighted by molar-refractivity contribution is -0.137. The van der Waals surface area contributed by atoms with Gasteiger partial charge in [-0.1, -0.05) is 42.5 Å². The highest BCUT2D eigenvalue weighted by atomic mass is 19.4. The lowest BCUT2D eigenvalue weighted by Crippen LogP contribution is -2.44. The van der Waals surface area contributed by atoms with E-state index in [1.807, 2.05) is 30.3 Å².